The summed E-state index contributed by atoms with van der Waals surface area (Å²) in [7, 11) is 1.68. The van der Waals surface area contributed by atoms with Crippen LogP contribution in [0.3, 0.4) is 0 Å². The van der Waals surface area contributed by atoms with Crippen LogP contribution in [0.1, 0.15) is 60.8 Å². The highest BCUT2D eigenvalue weighted by atomic mass is 16.5. The summed E-state index contributed by atoms with van der Waals surface area (Å²) in [4.78, 5) is 13.3. The van der Waals surface area contributed by atoms with Crippen molar-refractivity contribution in [1.29, 1.82) is 0 Å². The lowest BCUT2D eigenvalue weighted by molar-refractivity contribution is -0.138. The summed E-state index contributed by atoms with van der Waals surface area (Å²) in [5, 5.41) is 0. The fourth-order valence-electron chi connectivity index (χ4n) is 6.95. The van der Waals surface area contributed by atoms with Crippen molar-refractivity contribution in [1.82, 2.24) is 0 Å². The van der Waals surface area contributed by atoms with Crippen LogP contribution in [-0.4, -0.2) is 12.9 Å². The van der Waals surface area contributed by atoms with Gasteiger partial charge >= 0.3 is 0 Å². The number of ether oxygens (including phenoxy) is 2. The van der Waals surface area contributed by atoms with E-state index in [2.05, 4.69) is 32.0 Å². The Morgan fingerprint density at radius 2 is 1.62 bits per heavy atom. The van der Waals surface area contributed by atoms with Crippen molar-refractivity contribution in [2.24, 2.45) is 23.2 Å². The van der Waals surface area contributed by atoms with Gasteiger partial charge in [0.1, 0.15) is 18.1 Å². The Balaban J connectivity index is 1.32. The molecule has 3 nitrogen and oxygen atoms in total. The molecule has 2 aromatic rings. The van der Waals surface area contributed by atoms with E-state index in [0.29, 0.717) is 12.4 Å². The van der Waals surface area contributed by atoms with Crippen LogP contribution in [-0.2, 0) is 11.4 Å². The molecular weight excluding hydrogens is 396 g/mol. The second kappa shape index (κ2) is 8.42. The van der Waals surface area contributed by atoms with E-state index in [1.807, 2.05) is 30.4 Å². The Kier molecular flexibility index (Phi) is 5.61. The van der Waals surface area contributed by atoms with Crippen molar-refractivity contribution in [2.75, 3.05) is 7.11 Å². The fourth-order valence-corrected chi connectivity index (χ4v) is 6.95. The Hall–Kier alpha value is -2.55. The van der Waals surface area contributed by atoms with Crippen LogP contribution in [0.25, 0.3) is 6.08 Å². The third-order valence-electron chi connectivity index (χ3n) is 8.07. The maximum atomic E-state index is 13.3. The van der Waals surface area contributed by atoms with Gasteiger partial charge in [0, 0.05) is 11.0 Å². The van der Waals surface area contributed by atoms with Crippen molar-refractivity contribution >= 4 is 11.9 Å². The second-order valence-corrected chi connectivity index (χ2v) is 10.5. The normalized spacial score (nSPS) is 28.3. The van der Waals surface area contributed by atoms with Gasteiger partial charge in [0.25, 0.3) is 0 Å². The monoisotopic (exact) mass is 430 g/mol. The Morgan fingerprint density at radius 1 is 1.00 bits per heavy atom. The van der Waals surface area contributed by atoms with Gasteiger partial charge in [-0.3, -0.25) is 4.79 Å². The van der Waals surface area contributed by atoms with E-state index in [9.17, 15) is 4.79 Å². The van der Waals surface area contributed by atoms with Gasteiger partial charge in [-0.2, -0.15) is 0 Å². The van der Waals surface area contributed by atoms with Gasteiger partial charge in [-0.1, -0.05) is 30.3 Å². The molecule has 0 radical (unpaired) electrons. The third-order valence-corrected chi connectivity index (χ3v) is 8.07. The van der Waals surface area contributed by atoms with Crippen LogP contribution in [0.2, 0.25) is 0 Å². The van der Waals surface area contributed by atoms with Gasteiger partial charge in [-0.25, -0.2) is 0 Å². The molecule has 0 unspecified atom stereocenters. The van der Waals surface area contributed by atoms with E-state index in [1.165, 1.54) is 19.3 Å². The maximum absolute atomic E-state index is 13.3. The Labute approximate surface area is 191 Å². The molecule has 4 saturated carbocycles. The highest BCUT2D eigenvalue weighted by Crippen LogP contribution is 2.60. The predicted molar refractivity (Wildman–Crippen MR) is 128 cm³/mol. The molecule has 3 heteroatoms. The summed E-state index contributed by atoms with van der Waals surface area (Å²) >= 11 is 0. The smallest absolute Gasteiger partial charge is 0.161 e. The van der Waals surface area contributed by atoms with Crippen molar-refractivity contribution in [3.8, 4) is 11.5 Å². The van der Waals surface area contributed by atoms with E-state index in [0.717, 1.165) is 70.8 Å². The SMILES string of the molecule is COc1ccc(/C=C/C(=O)C23CC4CC(CC(C4)C2)C3)cc1COc1c(C)cccc1C. The van der Waals surface area contributed by atoms with Gasteiger partial charge in [-0.15, -0.1) is 0 Å². The average Bonchev–Trinajstić information content (AvgIpc) is 2.76. The van der Waals surface area contributed by atoms with Gasteiger partial charge in [0.2, 0.25) is 0 Å². The molecule has 0 spiro atoms. The second-order valence-electron chi connectivity index (χ2n) is 10.5. The molecule has 0 aromatic heterocycles. The van der Waals surface area contributed by atoms with Gasteiger partial charge in [0.15, 0.2) is 5.78 Å². The highest BCUT2D eigenvalue weighted by Gasteiger charge is 2.53. The lowest BCUT2D eigenvalue weighted by Gasteiger charge is -2.55. The number of rotatable bonds is 7. The van der Waals surface area contributed by atoms with E-state index in [1.54, 1.807) is 7.11 Å². The molecule has 168 valence electrons. The minimum atomic E-state index is -0.0774. The molecular formula is C29H34O3. The number of aryl methyl sites for hydroxylation is 2. The summed E-state index contributed by atoms with van der Waals surface area (Å²) in [5.41, 5.74) is 4.18. The molecule has 0 amide bonds. The van der Waals surface area contributed by atoms with Crippen molar-refractivity contribution in [3.63, 3.8) is 0 Å². The van der Waals surface area contributed by atoms with Crippen LogP contribution >= 0.6 is 0 Å². The molecule has 0 N–H and O–H groups in total. The minimum Gasteiger partial charge on any atom is -0.496 e. The first-order valence-corrected chi connectivity index (χ1v) is 12.0. The zero-order chi connectivity index (χ0) is 22.3. The Bertz CT molecular complexity index is 993. The molecule has 0 heterocycles. The van der Waals surface area contributed by atoms with E-state index in [-0.39, 0.29) is 5.41 Å². The average molecular weight is 431 g/mol. The molecule has 4 bridgehead atoms. The number of methoxy groups -OCH3 is 1. The van der Waals surface area contributed by atoms with Crippen LogP contribution in [0, 0.1) is 37.0 Å². The van der Waals surface area contributed by atoms with Crippen molar-refractivity contribution < 1.29 is 14.3 Å². The number of para-hydroxylation sites is 1. The third kappa shape index (κ3) is 3.98. The minimum absolute atomic E-state index is 0.0774. The first kappa shape index (κ1) is 21.3. The number of hydrogen-bond donors (Lipinski definition) is 0. The van der Waals surface area contributed by atoms with Crippen molar-refractivity contribution in [2.45, 2.75) is 59.0 Å². The molecule has 4 aliphatic rings. The van der Waals surface area contributed by atoms with Crippen LogP contribution in [0.4, 0.5) is 0 Å². The molecule has 0 aliphatic heterocycles. The summed E-state index contributed by atoms with van der Waals surface area (Å²) < 4.78 is 11.7. The molecule has 0 atom stereocenters. The molecule has 4 aliphatic carbocycles. The zero-order valence-corrected chi connectivity index (χ0v) is 19.5. The van der Waals surface area contributed by atoms with E-state index < -0.39 is 0 Å². The van der Waals surface area contributed by atoms with Crippen LogP contribution < -0.4 is 9.47 Å². The number of ketones is 1. The summed E-state index contributed by atoms with van der Waals surface area (Å²) in [6.45, 7) is 4.56. The van der Waals surface area contributed by atoms with Crippen LogP contribution in [0.15, 0.2) is 42.5 Å². The molecule has 4 fully saturated rings. The fraction of sp³-hybridized carbons (Fsp3) is 0.483. The lowest BCUT2D eigenvalue weighted by Crippen LogP contribution is -2.49. The van der Waals surface area contributed by atoms with E-state index in [4.69, 9.17) is 9.47 Å². The predicted octanol–water partition coefficient (Wildman–Crippen LogP) is 6.69. The number of benzene rings is 2. The first-order valence-electron chi connectivity index (χ1n) is 12.0. The quantitative estimate of drug-likeness (QED) is 0.459. The van der Waals surface area contributed by atoms with Crippen molar-refractivity contribution in [3.05, 3.63) is 64.7 Å². The summed E-state index contributed by atoms with van der Waals surface area (Å²) in [6.07, 6.45) is 11.3. The largest absolute Gasteiger partial charge is 0.496 e. The Morgan fingerprint density at radius 3 is 2.22 bits per heavy atom. The number of hydrogen-bond acceptors (Lipinski definition) is 3. The first-order chi connectivity index (χ1) is 15.5. The topological polar surface area (TPSA) is 35.5 Å². The summed E-state index contributed by atoms with van der Waals surface area (Å²) in [5.74, 6) is 4.43. The lowest BCUT2D eigenvalue weighted by atomic mass is 9.48. The highest BCUT2D eigenvalue weighted by molar-refractivity contribution is 5.98. The van der Waals surface area contributed by atoms with Gasteiger partial charge < -0.3 is 9.47 Å². The standard InChI is InChI=1S/C29H34O3/c1-19-5-4-6-20(2)28(19)32-18-25-14-21(7-9-26(25)31-3)8-10-27(30)29-15-22-11-23(16-29)13-24(12-22)17-29/h4-10,14,22-24H,11-13,15-18H2,1-3H3/b10-8+. The number of carbonyl (C=O) groups is 1. The number of allylic oxidation sites excluding steroid dienone is 1. The van der Waals surface area contributed by atoms with Crippen LogP contribution in [0.5, 0.6) is 11.5 Å². The van der Waals surface area contributed by atoms with Gasteiger partial charge in [-0.05, 0) is 105 Å². The molecule has 2 aromatic carbocycles. The zero-order valence-electron chi connectivity index (χ0n) is 19.5. The molecule has 6 rings (SSSR count). The molecule has 0 saturated heterocycles. The number of carbonyl (C=O) groups excluding carboxylic acids is 1. The maximum Gasteiger partial charge on any atom is 0.161 e. The van der Waals surface area contributed by atoms with E-state index >= 15 is 0 Å². The molecule has 32 heavy (non-hydrogen) atoms. The van der Waals surface area contributed by atoms with Gasteiger partial charge in [0.05, 0.1) is 7.11 Å². The summed E-state index contributed by atoms with van der Waals surface area (Å²) in [6, 6.07) is 12.2.